The Hall–Kier alpha value is -0.850. The van der Waals surface area contributed by atoms with Gasteiger partial charge in [0, 0.05) is 11.8 Å². The van der Waals surface area contributed by atoms with E-state index in [1.807, 2.05) is 31.6 Å². The standard InChI is InChI=1S/C12H18N2O3S/c1-8-5-10(15)13-11(18-4)14(8)6-9-7-16-12(2,3)17-9/h5,9H,6-7H2,1-4H3/t9-/m0/s1. The first kappa shape index (κ1) is 13.6. The smallest absolute Gasteiger partial charge is 0.273 e. The van der Waals surface area contributed by atoms with Gasteiger partial charge in [0.25, 0.3) is 5.56 Å². The Morgan fingerprint density at radius 3 is 2.89 bits per heavy atom. The molecule has 0 unspecified atom stereocenters. The molecule has 0 N–H and O–H groups in total. The zero-order valence-electron chi connectivity index (χ0n) is 11.1. The maximum Gasteiger partial charge on any atom is 0.273 e. The number of thioether (sulfide) groups is 1. The van der Waals surface area contributed by atoms with E-state index in [0.29, 0.717) is 18.3 Å². The van der Waals surface area contributed by atoms with Gasteiger partial charge in [-0.3, -0.25) is 4.79 Å². The summed E-state index contributed by atoms with van der Waals surface area (Å²) in [7, 11) is 0. The minimum Gasteiger partial charge on any atom is -0.348 e. The number of rotatable bonds is 3. The third-order valence-corrected chi connectivity index (χ3v) is 3.51. The van der Waals surface area contributed by atoms with E-state index in [0.717, 1.165) is 5.69 Å². The molecule has 0 bridgehead atoms. The second kappa shape index (κ2) is 5.03. The van der Waals surface area contributed by atoms with Gasteiger partial charge in [0.1, 0.15) is 6.10 Å². The van der Waals surface area contributed by atoms with Crippen LogP contribution in [0.3, 0.4) is 0 Å². The summed E-state index contributed by atoms with van der Waals surface area (Å²) in [6.45, 7) is 6.92. The lowest BCUT2D eigenvalue weighted by molar-refractivity contribution is -0.139. The lowest BCUT2D eigenvalue weighted by Crippen LogP contribution is -2.27. The molecule has 18 heavy (non-hydrogen) atoms. The Labute approximate surface area is 111 Å². The van der Waals surface area contributed by atoms with Crippen molar-refractivity contribution in [3.8, 4) is 0 Å². The second-order valence-corrected chi connectivity index (χ2v) is 5.56. The van der Waals surface area contributed by atoms with E-state index < -0.39 is 5.79 Å². The van der Waals surface area contributed by atoms with Crippen LogP contribution in [0.15, 0.2) is 16.0 Å². The highest BCUT2D eigenvalue weighted by Gasteiger charge is 2.33. The molecule has 0 aliphatic carbocycles. The first-order valence-corrected chi connectivity index (χ1v) is 7.08. The molecule has 1 aliphatic rings. The maximum absolute atomic E-state index is 11.4. The van der Waals surface area contributed by atoms with E-state index in [1.54, 1.807) is 6.07 Å². The van der Waals surface area contributed by atoms with Crippen molar-refractivity contribution < 1.29 is 9.47 Å². The van der Waals surface area contributed by atoms with Crippen LogP contribution in [0.2, 0.25) is 0 Å². The van der Waals surface area contributed by atoms with Crippen molar-refractivity contribution in [1.29, 1.82) is 0 Å². The van der Waals surface area contributed by atoms with Crippen LogP contribution in [0.5, 0.6) is 0 Å². The predicted octanol–water partition coefficient (Wildman–Crippen LogP) is 1.43. The fraction of sp³-hybridized carbons (Fsp3) is 0.667. The molecule has 0 amide bonds. The van der Waals surface area contributed by atoms with Gasteiger partial charge in [0.15, 0.2) is 10.9 Å². The van der Waals surface area contributed by atoms with E-state index >= 15 is 0 Å². The van der Waals surface area contributed by atoms with Gasteiger partial charge >= 0.3 is 0 Å². The molecule has 0 spiro atoms. The van der Waals surface area contributed by atoms with Crippen LogP contribution in [-0.2, 0) is 16.0 Å². The fourth-order valence-corrected chi connectivity index (χ4v) is 2.65. The normalized spacial score (nSPS) is 22.3. The number of hydrogen-bond donors (Lipinski definition) is 0. The molecule has 1 aliphatic heterocycles. The van der Waals surface area contributed by atoms with Crippen LogP contribution < -0.4 is 5.56 Å². The van der Waals surface area contributed by atoms with Gasteiger partial charge in [0.05, 0.1) is 13.2 Å². The molecule has 1 aromatic heterocycles. The Bertz CT molecular complexity index is 499. The van der Waals surface area contributed by atoms with Gasteiger partial charge in [-0.2, -0.15) is 4.98 Å². The fourth-order valence-electron chi connectivity index (χ4n) is 2.03. The number of nitrogens with zero attached hydrogens (tertiary/aromatic N) is 2. The molecule has 100 valence electrons. The zero-order valence-corrected chi connectivity index (χ0v) is 11.9. The Kier molecular flexibility index (Phi) is 3.79. The van der Waals surface area contributed by atoms with Gasteiger partial charge in [-0.15, -0.1) is 0 Å². The molecule has 0 aromatic carbocycles. The molecule has 6 heteroatoms. The van der Waals surface area contributed by atoms with Crippen LogP contribution in [0, 0.1) is 6.92 Å². The van der Waals surface area contributed by atoms with Crippen molar-refractivity contribution in [2.45, 2.75) is 44.4 Å². The number of ether oxygens (including phenoxy) is 2. The van der Waals surface area contributed by atoms with Gasteiger partial charge in [-0.25, -0.2) is 0 Å². The highest BCUT2D eigenvalue weighted by Crippen LogP contribution is 2.24. The first-order chi connectivity index (χ1) is 8.41. The summed E-state index contributed by atoms with van der Waals surface area (Å²) in [6.07, 6.45) is 1.90. The molecular formula is C12H18N2O3S. The van der Waals surface area contributed by atoms with Crippen molar-refractivity contribution in [2.24, 2.45) is 0 Å². The highest BCUT2D eigenvalue weighted by atomic mass is 32.2. The molecule has 1 fully saturated rings. The summed E-state index contributed by atoms with van der Waals surface area (Å²) in [5, 5.41) is 0.716. The molecule has 1 atom stereocenters. The summed E-state index contributed by atoms with van der Waals surface area (Å²) in [5.74, 6) is -0.523. The van der Waals surface area contributed by atoms with Crippen LogP contribution in [0.25, 0.3) is 0 Å². The van der Waals surface area contributed by atoms with Crippen LogP contribution in [-0.4, -0.2) is 34.3 Å². The third-order valence-electron chi connectivity index (χ3n) is 2.83. The van der Waals surface area contributed by atoms with Crippen molar-refractivity contribution in [3.05, 3.63) is 22.1 Å². The molecule has 1 aromatic rings. The quantitative estimate of drug-likeness (QED) is 0.614. The van der Waals surface area contributed by atoms with Gasteiger partial charge < -0.3 is 14.0 Å². The Balaban J connectivity index is 2.22. The minimum atomic E-state index is -0.523. The average Bonchev–Trinajstić information content (AvgIpc) is 2.61. The summed E-state index contributed by atoms with van der Waals surface area (Å²) in [6, 6.07) is 1.54. The maximum atomic E-state index is 11.4. The van der Waals surface area contributed by atoms with E-state index in [-0.39, 0.29) is 11.7 Å². The monoisotopic (exact) mass is 270 g/mol. The van der Waals surface area contributed by atoms with Crippen LogP contribution in [0.4, 0.5) is 0 Å². The van der Waals surface area contributed by atoms with E-state index in [4.69, 9.17) is 9.47 Å². The topological polar surface area (TPSA) is 53.4 Å². The Morgan fingerprint density at radius 2 is 2.33 bits per heavy atom. The van der Waals surface area contributed by atoms with Gasteiger partial charge in [0.2, 0.25) is 0 Å². The Morgan fingerprint density at radius 1 is 1.61 bits per heavy atom. The van der Waals surface area contributed by atoms with Crippen molar-refractivity contribution in [2.75, 3.05) is 12.9 Å². The average molecular weight is 270 g/mol. The molecule has 0 radical (unpaired) electrons. The second-order valence-electron chi connectivity index (χ2n) is 4.78. The molecular weight excluding hydrogens is 252 g/mol. The number of aromatic nitrogens is 2. The molecule has 2 heterocycles. The molecule has 1 saturated heterocycles. The minimum absolute atomic E-state index is 0.00565. The molecule has 5 nitrogen and oxygen atoms in total. The highest BCUT2D eigenvalue weighted by molar-refractivity contribution is 7.98. The third kappa shape index (κ3) is 2.93. The summed E-state index contributed by atoms with van der Waals surface area (Å²) in [5.41, 5.74) is 0.699. The molecule has 0 saturated carbocycles. The summed E-state index contributed by atoms with van der Waals surface area (Å²) < 4.78 is 13.3. The summed E-state index contributed by atoms with van der Waals surface area (Å²) >= 11 is 1.46. The zero-order chi connectivity index (χ0) is 13.3. The largest absolute Gasteiger partial charge is 0.348 e. The first-order valence-electron chi connectivity index (χ1n) is 5.85. The lowest BCUT2D eigenvalue weighted by atomic mass is 10.3. The van der Waals surface area contributed by atoms with Crippen molar-refractivity contribution in [3.63, 3.8) is 0 Å². The predicted molar refractivity (Wildman–Crippen MR) is 69.9 cm³/mol. The number of hydrogen-bond acceptors (Lipinski definition) is 5. The van der Waals surface area contributed by atoms with Crippen LogP contribution in [0.1, 0.15) is 19.5 Å². The van der Waals surface area contributed by atoms with Crippen molar-refractivity contribution >= 4 is 11.8 Å². The molecule has 2 rings (SSSR count). The summed E-state index contributed by atoms with van der Waals surface area (Å²) in [4.78, 5) is 15.4. The van der Waals surface area contributed by atoms with Gasteiger partial charge in [-0.05, 0) is 27.0 Å². The SMILES string of the molecule is CSc1nc(=O)cc(C)n1C[C@H]1COC(C)(C)O1. The lowest BCUT2D eigenvalue weighted by Gasteiger charge is -2.20. The van der Waals surface area contributed by atoms with E-state index in [1.165, 1.54) is 11.8 Å². The van der Waals surface area contributed by atoms with E-state index in [9.17, 15) is 4.79 Å². The van der Waals surface area contributed by atoms with Crippen molar-refractivity contribution in [1.82, 2.24) is 9.55 Å². The van der Waals surface area contributed by atoms with E-state index in [2.05, 4.69) is 4.98 Å². The van der Waals surface area contributed by atoms with Gasteiger partial charge in [-0.1, -0.05) is 11.8 Å². The van der Waals surface area contributed by atoms with Crippen LogP contribution >= 0.6 is 11.8 Å². The number of aryl methyl sites for hydroxylation is 1.